The molecular formula is C43H58N7O21P3S-4. The highest BCUT2D eigenvalue weighted by atomic mass is 32.2. The van der Waals surface area contributed by atoms with Crippen molar-refractivity contribution in [2.75, 3.05) is 44.9 Å². The lowest BCUT2D eigenvalue weighted by molar-refractivity contribution is -0.347. The number of hydrogen-bond acceptors (Lipinski definition) is 26. The molecule has 1 saturated heterocycles. The number of aromatic nitrogens is 4. The van der Waals surface area contributed by atoms with Gasteiger partial charge in [0.05, 0.1) is 34.5 Å². The third-order valence-electron chi connectivity index (χ3n) is 11.8. The Hall–Kier alpha value is -4.67. The molecule has 2 aliphatic heterocycles. The first kappa shape index (κ1) is 61.2. The van der Waals surface area contributed by atoms with Gasteiger partial charge < -0.3 is 83.6 Å². The molecule has 2 unspecified atom stereocenters. The topological polar surface area (TPSA) is 431 Å². The number of methoxy groups -OCH3 is 1. The van der Waals surface area contributed by atoms with Crippen molar-refractivity contribution in [3.63, 3.8) is 0 Å². The van der Waals surface area contributed by atoms with E-state index in [1.165, 1.54) is 21.0 Å². The summed E-state index contributed by atoms with van der Waals surface area (Å²) in [4.78, 5) is 110. The second-order valence-electron chi connectivity index (χ2n) is 18.0. The van der Waals surface area contributed by atoms with E-state index in [0.717, 1.165) is 58.5 Å². The van der Waals surface area contributed by atoms with Crippen molar-refractivity contribution in [3.8, 4) is 11.5 Å². The van der Waals surface area contributed by atoms with Crippen LogP contribution in [-0.4, -0.2) is 121 Å². The lowest BCUT2D eigenvalue weighted by Gasteiger charge is -2.36. The predicted octanol–water partition coefficient (Wildman–Crippen LogP) is 0.525. The summed E-state index contributed by atoms with van der Waals surface area (Å²) in [5.41, 5.74) is 8.20. The molecule has 0 bridgehead atoms. The number of phenols is 1. The van der Waals surface area contributed by atoms with Gasteiger partial charge in [-0.2, -0.15) is 0 Å². The number of aliphatic hydroxyl groups is 2. The molecule has 0 aliphatic carbocycles. The fraction of sp³-hybridized carbons (Fsp3) is 0.558. The number of nitrogens with zero attached hydrogens (tertiary/aromatic N) is 4. The van der Waals surface area contributed by atoms with Gasteiger partial charge in [0.25, 0.3) is 15.6 Å². The molecule has 1 fully saturated rings. The number of ether oxygens (including phenoxy) is 3. The second kappa shape index (κ2) is 26.1. The highest BCUT2D eigenvalue weighted by molar-refractivity contribution is 8.13. The number of nitrogens with one attached hydrogen (secondary N) is 2. The summed E-state index contributed by atoms with van der Waals surface area (Å²) < 4.78 is 71.6. The average molecular weight is 1130 g/mol. The van der Waals surface area contributed by atoms with Crippen molar-refractivity contribution >= 4 is 75.1 Å². The number of anilines is 1. The summed E-state index contributed by atoms with van der Waals surface area (Å²) in [6, 6.07) is 0. The maximum absolute atomic E-state index is 12.7. The number of aliphatic hydroxyl groups excluding tert-OH is 2. The minimum absolute atomic E-state index is 0.0309. The molecule has 2 amide bonds. The molecule has 5 rings (SSSR count). The number of phosphoric ester groups is 3. The number of carbonyl (C=O) groups excluding carboxylic acids is 4. The van der Waals surface area contributed by atoms with Crippen LogP contribution in [0.1, 0.15) is 93.1 Å². The van der Waals surface area contributed by atoms with E-state index in [-0.39, 0.29) is 71.7 Å². The van der Waals surface area contributed by atoms with Gasteiger partial charge in [-0.1, -0.05) is 48.9 Å². The Bertz CT molecular complexity index is 2810. The summed E-state index contributed by atoms with van der Waals surface area (Å²) in [5.74, 6) is -1.50. The van der Waals surface area contributed by atoms with Gasteiger partial charge in [0.2, 0.25) is 11.8 Å². The van der Waals surface area contributed by atoms with Gasteiger partial charge in [0, 0.05) is 48.2 Å². The SMILES string of the molecule is COc1c(C)c2c(c(O)c1C/C=C(\C)CC/C=C(\C)CCC(=O)SCCNC(=O)CCNC(=O)[C@H](O)C(C)(C)COP(=O)([O-])OP(=O)([O-])OC[C@H]1O[C@@H](n3cnc4c(N)ncnc43)[C@H](O)[C@@H]1OP(=O)([O-])[O-])C(=O)OC2. The maximum atomic E-state index is 12.7. The number of nitrogen functional groups attached to an aromatic ring is 1. The number of benzene rings is 1. The zero-order valence-corrected chi connectivity index (χ0v) is 45.0. The van der Waals surface area contributed by atoms with Gasteiger partial charge in [0.1, 0.15) is 59.9 Å². The van der Waals surface area contributed by atoms with Crippen LogP contribution in [0.25, 0.3) is 11.2 Å². The first-order valence-corrected chi connectivity index (χ1v) is 28.3. The van der Waals surface area contributed by atoms with Crippen LogP contribution in [-0.2, 0) is 68.5 Å². The number of aromatic hydroxyl groups is 1. The molecule has 416 valence electrons. The van der Waals surface area contributed by atoms with E-state index in [4.69, 9.17) is 19.9 Å². The largest absolute Gasteiger partial charge is 0.790 e. The van der Waals surface area contributed by atoms with E-state index >= 15 is 0 Å². The average Bonchev–Trinajstić information content (AvgIpc) is 4.03. The quantitative estimate of drug-likeness (QED) is 0.0250. The Morgan fingerprint density at radius 1 is 1.01 bits per heavy atom. The number of phosphoric acid groups is 3. The predicted molar refractivity (Wildman–Crippen MR) is 256 cm³/mol. The molecule has 0 saturated carbocycles. The van der Waals surface area contributed by atoms with E-state index in [9.17, 15) is 67.8 Å². The smallest absolute Gasteiger partial charge is 0.342 e. The van der Waals surface area contributed by atoms with Gasteiger partial charge >= 0.3 is 5.97 Å². The Morgan fingerprint density at radius 3 is 2.40 bits per heavy atom. The standard InChI is InChI=1S/C43H62N7O21P3S/c1-23(10-12-26-33(53)31-27(18-66-42(31)57)25(3)35(26)65-6)8-7-9-24(2)11-13-30(52)75-17-16-45-29(51)14-15-46-40(56)37(55)43(4,5)20-68-74(63,64)71-73(61,62)67-19-28-36(70-72(58,59)60)34(54)41(69-28)50-22-49-32-38(44)47-21-48-39(32)50/h9-10,21-22,28,34,36-37,41,53-55H,7-8,11-20H2,1-6H3,(H,45,51)(H,46,56)(H,61,62)(H,63,64)(H2,44,47,48)(H2,58,59,60)/p-4/b23-10+,24-9+/t28-,34-,36-,37+,41-/m1/s1. The summed E-state index contributed by atoms with van der Waals surface area (Å²) >= 11 is 1.05. The number of hydrogen-bond donors (Lipinski definition) is 6. The molecule has 32 heteroatoms. The highest BCUT2D eigenvalue weighted by Gasteiger charge is 2.47. The van der Waals surface area contributed by atoms with Crippen LogP contribution >= 0.6 is 35.2 Å². The van der Waals surface area contributed by atoms with Gasteiger partial charge in [-0.25, -0.2) is 24.1 Å². The molecule has 75 heavy (non-hydrogen) atoms. The zero-order valence-electron chi connectivity index (χ0n) is 41.5. The Labute approximate surface area is 434 Å². The summed E-state index contributed by atoms with van der Waals surface area (Å²) in [7, 11) is -16.2. The van der Waals surface area contributed by atoms with E-state index in [1.54, 1.807) is 0 Å². The summed E-state index contributed by atoms with van der Waals surface area (Å²) in [5, 5.41) is 37.2. The monoisotopic (exact) mass is 1130 g/mol. The third-order valence-corrected chi connectivity index (χ3v) is 15.7. The molecule has 0 spiro atoms. The number of fused-ring (bicyclic) bond motifs is 2. The van der Waals surface area contributed by atoms with Gasteiger partial charge in [-0.15, -0.1) is 0 Å². The van der Waals surface area contributed by atoms with E-state index < -0.39 is 90.5 Å². The first-order valence-electron chi connectivity index (χ1n) is 22.9. The van der Waals surface area contributed by atoms with Gasteiger partial charge in [0.15, 0.2) is 22.8 Å². The first-order chi connectivity index (χ1) is 35.0. The van der Waals surface area contributed by atoms with E-state index in [1.807, 2.05) is 26.8 Å². The molecule has 4 heterocycles. The maximum Gasteiger partial charge on any atom is 0.342 e. The third kappa shape index (κ3) is 16.9. The van der Waals surface area contributed by atoms with Crippen LogP contribution in [0.2, 0.25) is 0 Å². The number of cyclic esters (lactones) is 1. The Morgan fingerprint density at radius 2 is 1.71 bits per heavy atom. The highest BCUT2D eigenvalue weighted by Crippen LogP contribution is 2.56. The summed E-state index contributed by atoms with van der Waals surface area (Å²) in [6.07, 6.45) is -1.08. The number of phenolic OH excluding ortho intramolecular Hbond substituents is 1. The van der Waals surface area contributed by atoms with Crippen LogP contribution in [0.4, 0.5) is 5.82 Å². The lowest BCUT2D eigenvalue weighted by atomic mass is 9.87. The van der Waals surface area contributed by atoms with Crippen LogP contribution in [0.3, 0.4) is 0 Å². The lowest BCUT2D eigenvalue weighted by Crippen LogP contribution is -2.46. The molecular weight excluding hydrogens is 1080 g/mol. The van der Waals surface area contributed by atoms with Crippen molar-refractivity contribution in [3.05, 3.63) is 58.2 Å². The minimum Gasteiger partial charge on any atom is -0.790 e. The van der Waals surface area contributed by atoms with Gasteiger partial charge in [-0.3, -0.25) is 28.1 Å². The molecule has 28 nitrogen and oxygen atoms in total. The van der Waals surface area contributed by atoms with Crippen LogP contribution < -0.4 is 40.7 Å². The number of allylic oxidation sites excluding steroid dienone is 4. The molecule has 7 atom stereocenters. The number of carbonyl (C=O) groups is 4. The van der Waals surface area contributed by atoms with Crippen LogP contribution in [0.15, 0.2) is 36.0 Å². The fourth-order valence-electron chi connectivity index (χ4n) is 7.70. The number of nitrogens with two attached hydrogens (primary N) is 1. The van der Waals surface area contributed by atoms with Crippen molar-refractivity contribution in [1.29, 1.82) is 0 Å². The van der Waals surface area contributed by atoms with E-state index in [0.29, 0.717) is 29.7 Å². The number of esters is 1. The van der Waals surface area contributed by atoms with Crippen LogP contribution in [0, 0.1) is 12.3 Å². The number of rotatable bonds is 28. The molecule has 2 aromatic heterocycles. The van der Waals surface area contributed by atoms with Crippen molar-refractivity contribution in [2.45, 2.75) is 110 Å². The zero-order chi connectivity index (χ0) is 55.6. The van der Waals surface area contributed by atoms with Crippen molar-refractivity contribution in [2.24, 2.45) is 5.41 Å². The number of amides is 2. The number of thioether (sulfide) groups is 1. The fourth-order valence-corrected chi connectivity index (χ4v) is 11.1. The van der Waals surface area contributed by atoms with Crippen molar-refractivity contribution in [1.82, 2.24) is 30.2 Å². The van der Waals surface area contributed by atoms with Crippen LogP contribution in [0.5, 0.6) is 11.5 Å². The molecule has 0 radical (unpaired) electrons. The van der Waals surface area contributed by atoms with E-state index in [2.05, 4.69) is 49.5 Å². The van der Waals surface area contributed by atoms with Gasteiger partial charge in [-0.05, 0) is 52.0 Å². The Balaban J connectivity index is 0.961. The second-order valence-corrected chi connectivity index (χ2v) is 23.2. The minimum atomic E-state index is -5.95. The Kier molecular flexibility index (Phi) is 21.3. The molecule has 7 N–H and O–H groups in total. The number of imidazole rings is 1. The molecule has 1 aromatic carbocycles. The van der Waals surface area contributed by atoms with Crippen molar-refractivity contribution < 1.29 is 99.9 Å². The normalized spacial score (nSPS) is 20.3. The molecule has 2 aliphatic rings. The molecule has 3 aromatic rings. The summed E-state index contributed by atoms with van der Waals surface area (Å²) in [6.45, 7) is 5.77.